The lowest BCUT2D eigenvalue weighted by Gasteiger charge is -2.14. The number of nitrogens with one attached hydrogen (secondary N) is 1. The van der Waals surface area contributed by atoms with Crippen molar-refractivity contribution in [3.63, 3.8) is 0 Å². The maximum atomic E-state index is 12.3. The normalized spacial score (nSPS) is 11.8. The fraction of sp³-hybridized carbons (Fsp3) is 0.444. The lowest BCUT2D eigenvalue weighted by atomic mass is 10.1. The third-order valence-corrected chi connectivity index (χ3v) is 4.51. The summed E-state index contributed by atoms with van der Waals surface area (Å²) in [4.78, 5) is 24.1. The molecule has 1 heterocycles. The molecule has 0 aliphatic carbocycles. The van der Waals surface area contributed by atoms with E-state index in [1.54, 1.807) is 22.6 Å². The Kier molecular flexibility index (Phi) is 8.14. The highest BCUT2D eigenvalue weighted by atomic mass is 32.2. The predicted octanol–water partition coefficient (Wildman–Crippen LogP) is 1.94. The number of methoxy groups -OCH3 is 1. The van der Waals surface area contributed by atoms with Crippen LogP contribution < -0.4 is 5.32 Å². The van der Waals surface area contributed by atoms with Crippen molar-refractivity contribution >= 4 is 23.6 Å². The molecule has 0 saturated heterocycles. The number of hydrogen-bond donors (Lipinski definition) is 1. The molecule has 0 radical (unpaired) electrons. The van der Waals surface area contributed by atoms with Crippen molar-refractivity contribution in [1.29, 1.82) is 0 Å². The number of aryl methyl sites for hydroxylation is 2. The van der Waals surface area contributed by atoms with Crippen LogP contribution in [0.1, 0.15) is 28.9 Å². The first-order valence-corrected chi connectivity index (χ1v) is 9.85. The maximum Gasteiger partial charge on any atom is 0.328 e. The van der Waals surface area contributed by atoms with Crippen LogP contribution in [0.15, 0.2) is 36.5 Å². The average Bonchev–Trinajstić information content (AvgIpc) is 3.14. The second-order valence-corrected chi connectivity index (χ2v) is 6.77. The van der Waals surface area contributed by atoms with E-state index in [-0.39, 0.29) is 5.69 Å². The molecule has 26 heavy (non-hydrogen) atoms. The van der Waals surface area contributed by atoms with Crippen molar-refractivity contribution in [3.05, 3.63) is 47.8 Å². The number of thioether (sulfide) groups is 1. The molecular weight excluding hydrogens is 352 g/mol. The van der Waals surface area contributed by atoms with Crippen LogP contribution in [0.5, 0.6) is 0 Å². The van der Waals surface area contributed by atoms with Gasteiger partial charge in [-0.2, -0.15) is 11.8 Å². The zero-order valence-corrected chi connectivity index (χ0v) is 15.9. The van der Waals surface area contributed by atoms with E-state index in [0.717, 1.165) is 18.6 Å². The first-order chi connectivity index (χ1) is 12.6. The average molecular weight is 376 g/mol. The van der Waals surface area contributed by atoms with Crippen molar-refractivity contribution in [2.24, 2.45) is 0 Å². The summed E-state index contributed by atoms with van der Waals surface area (Å²) in [6.45, 7) is 0.669. The van der Waals surface area contributed by atoms with Crippen molar-refractivity contribution in [3.8, 4) is 0 Å². The molecule has 0 fully saturated rings. The molecule has 0 bridgehead atoms. The lowest BCUT2D eigenvalue weighted by Crippen LogP contribution is -2.42. The van der Waals surface area contributed by atoms with Gasteiger partial charge in [-0.15, -0.1) is 5.10 Å². The first kappa shape index (κ1) is 20.0. The molecule has 1 unspecified atom stereocenters. The number of nitrogens with zero attached hydrogens (tertiary/aromatic N) is 3. The number of amides is 1. The van der Waals surface area contributed by atoms with Crippen LogP contribution in [0.4, 0.5) is 0 Å². The van der Waals surface area contributed by atoms with E-state index < -0.39 is 17.9 Å². The Balaban J connectivity index is 1.86. The molecule has 0 aliphatic heterocycles. The van der Waals surface area contributed by atoms with Crippen LogP contribution in [0.2, 0.25) is 0 Å². The van der Waals surface area contributed by atoms with Gasteiger partial charge in [0.1, 0.15) is 6.04 Å². The molecule has 1 aromatic carbocycles. The number of carbonyl (C=O) groups is 2. The Bertz CT molecular complexity index is 705. The van der Waals surface area contributed by atoms with E-state index >= 15 is 0 Å². The monoisotopic (exact) mass is 376 g/mol. The molecule has 1 N–H and O–H groups in total. The van der Waals surface area contributed by atoms with Crippen molar-refractivity contribution in [1.82, 2.24) is 20.3 Å². The van der Waals surface area contributed by atoms with Gasteiger partial charge >= 0.3 is 5.97 Å². The highest BCUT2D eigenvalue weighted by Crippen LogP contribution is 2.06. The summed E-state index contributed by atoms with van der Waals surface area (Å²) in [7, 11) is 1.31. The summed E-state index contributed by atoms with van der Waals surface area (Å²) in [6.07, 6.45) is 5.87. The largest absolute Gasteiger partial charge is 0.467 e. The van der Waals surface area contributed by atoms with Gasteiger partial charge in [0.2, 0.25) is 0 Å². The van der Waals surface area contributed by atoms with E-state index in [1.165, 1.54) is 12.7 Å². The number of ether oxygens (including phenoxy) is 1. The Morgan fingerprint density at radius 1 is 1.31 bits per heavy atom. The zero-order valence-electron chi connectivity index (χ0n) is 15.1. The summed E-state index contributed by atoms with van der Waals surface area (Å²) < 4.78 is 6.39. The molecule has 140 valence electrons. The highest BCUT2D eigenvalue weighted by Gasteiger charge is 2.23. The fourth-order valence-corrected chi connectivity index (χ4v) is 2.93. The zero-order chi connectivity index (χ0) is 18.8. The molecule has 7 nitrogen and oxygen atoms in total. The molecule has 1 atom stereocenters. The van der Waals surface area contributed by atoms with Gasteiger partial charge in [-0.1, -0.05) is 35.5 Å². The summed E-state index contributed by atoms with van der Waals surface area (Å²) in [6, 6.07) is 9.52. The third kappa shape index (κ3) is 6.18. The van der Waals surface area contributed by atoms with E-state index in [0.29, 0.717) is 13.0 Å². The minimum atomic E-state index is -0.678. The molecule has 0 spiro atoms. The summed E-state index contributed by atoms with van der Waals surface area (Å²) >= 11 is 1.60. The summed E-state index contributed by atoms with van der Waals surface area (Å²) in [5, 5.41) is 10.6. The van der Waals surface area contributed by atoms with Crippen molar-refractivity contribution in [2.75, 3.05) is 19.1 Å². The number of rotatable bonds is 10. The van der Waals surface area contributed by atoms with Gasteiger partial charge in [-0.05, 0) is 36.8 Å². The Morgan fingerprint density at radius 2 is 2.08 bits per heavy atom. The van der Waals surface area contributed by atoms with Gasteiger partial charge in [0.15, 0.2) is 5.69 Å². The molecule has 2 rings (SSSR count). The summed E-state index contributed by atoms with van der Waals surface area (Å²) in [5.41, 5.74) is 1.46. The Labute approximate surface area is 157 Å². The smallest absolute Gasteiger partial charge is 0.328 e. The van der Waals surface area contributed by atoms with Crippen LogP contribution in [-0.4, -0.2) is 52.0 Å². The topological polar surface area (TPSA) is 86.1 Å². The number of carbonyl (C=O) groups excluding carboxylic acids is 2. The van der Waals surface area contributed by atoms with E-state index in [4.69, 9.17) is 4.74 Å². The van der Waals surface area contributed by atoms with Crippen LogP contribution in [-0.2, 0) is 22.5 Å². The SMILES string of the molecule is COC(=O)C(CCSC)NC(=O)c1cn(CCCc2ccccc2)nn1. The second kappa shape index (κ2) is 10.6. The maximum absolute atomic E-state index is 12.3. The van der Waals surface area contributed by atoms with Crippen molar-refractivity contribution < 1.29 is 14.3 Å². The molecule has 0 saturated carbocycles. The van der Waals surface area contributed by atoms with Crippen LogP contribution in [0.3, 0.4) is 0 Å². The van der Waals surface area contributed by atoms with Crippen LogP contribution in [0, 0.1) is 0 Å². The van der Waals surface area contributed by atoms with E-state index in [9.17, 15) is 9.59 Å². The van der Waals surface area contributed by atoms with Gasteiger partial charge in [0.25, 0.3) is 5.91 Å². The Hall–Kier alpha value is -2.35. The third-order valence-electron chi connectivity index (χ3n) is 3.87. The molecular formula is C18H24N4O3S. The number of esters is 1. The lowest BCUT2D eigenvalue weighted by molar-refractivity contribution is -0.142. The number of benzene rings is 1. The van der Waals surface area contributed by atoms with Gasteiger partial charge in [-0.25, -0.2) is 4.79 Å². The first-order valence-electron chi connectivity index (χ1n) is 8.45. The molecule has 1 amide bonds. The minimum absolute atomic E-state index is 0.197. The van der Waals surface area contributed by atoms with Crippen LogP contribution >= 0.6 is 11.8 Å². The van der Waals surface area contributed by atoms with E-state index in [2.05, 4.69) is 27.8 Å². The highest BCUT2D eigenvalue weighted by molar-refractivity contribution is 7.98. The summed E-state index contributed by atoms with van der Waals surface area (Å²) in [5.74, 6) is -0.134. The number of aromatic nitrogens is 3. The minimum Gasteiger partial charge on any atom is -0.467 e. The second-order valence-electron chi connectivity index (χ2n) is 5.79. The number of hydrogen-bond acceptors (Lipinski definition) is 6. The molecule has 2 aromatic rings. The van der Waals surface area contributed by atoms with Crippen LogP contribution in [0.25, 0.3) is 0 Å². The predicted molar refractivity (Wildman–Crippen MR) is 101 cm³/mol. The van der Waals surface area contributed by atoms with E-state index in [1.807, 2.05) is 24.5 Å². The van der Waals surface area contributed by atoms with Gasteiger partial charge < -0.3 is 10.1 Å². The van der Waals surface area contributed by atoms with Gasteiger partial charge in [-0.3, -0.25) is 9.48 Å². The molecule has 1 aromatic heterocycles. The molecule has 0 aliphatic rings. The Morgan fingerprint density at radius 3 is 2.77 bits per heavy atom. The van der Waals surface area contributed by atoms with Crippen molar-refractivity contribution in [2.45, 2.75) is 31.8 Å². The van der Waals surface area contributed by atoms with Gasteiger partial charge in [0.05, 0.1) is 13.3 Å². The van der Waals surface area contributed by atoms with Gasteiger partial charge in [0, 0.05) is 6.54 Å². The quantitative estimate of drug-likeness (QED) is 0.638. The standard InChI is InChI=1S/C18H24N4O3S/c1-25-18(24)15(10-12-26-2)19-17(23)16-13-22(21-20-16)11-6-9-14-7-4-3-5-8-14/h3-5,7-8,13,15H,6,9-12H2,1-2H3,(H,19,23). The fourth-order valence-electron chi connectivity index (χ4n) is 2.46. The molecule has 8 heteroatoms.